The predicted octanol–water partition coefficient (Wildman–Crippen LogP) is 3.85. The van der Waals surface area contributed by atoms with E-state index in [-0.39, 0.29) is 19.0 Å². The summed E-state index contributed by atoms with van der Waals surface area (Å²) >= 11 is 6.00. The zero-order chi connectivity index (χ0) is 24.4. The number of rotatable bonds is 8. The highest BCUT2D eigenvalue weighted by atomic mass is 35.5. The van der Waals surface area contributed by atoms with E-state index in [1.54, 1.807) is 31.2 Å². The van der Waals surface area contributed by atoms with Crippen LogP contribution in [0.2, 0.25) is 5.02 Å². The Hall–Kier alpha value is -3.39. The molecule has 34 heavy (non-hydrogen) atoms. The van der Waals surface area contributed by atoms with Crippen LogP contribution in [-0.2, 0) is 22.6 Å². The Kier molecular flexibility index (Phi) is 6.88. The highest BCUT2D eigenvalue weighted by molar-refractivity contribution is 6.30. The van der Waals surface area contributed by atoms with E-state index in [1.165, 1.54) is 30.1 Å². The number of benzene rings is 2. The van der Waals surface area contributed by atoms with E-state index in [9.17, 15) is 14.4 Å². The molecule has 1 N–H and O–H groups in total. The van der Waals surface area contributed by atoms with Crippen molar-refractivity contribution in [2.45, 2.75) is 45.7 Å². The number of carbonyl (C=O) groups excluding carboxylic acids is 1. The van der Waals surface area contributed by atoms with E-state index in [2.05, 4.69) is 23.3 Å². The van der Waals surface area contributed by atoms with E-state index in [1.807, 2.05) is 12.1 Å². The molecule has 1 fully saturated rings. The summed E-state index contributed by atoms with van der Waals surface area (Å²) in [5.41, 5.74) is 2.71. The zero-order valence-corrected chi connectivity index (χ0v) is 20.1. The first-order valence-corrected chi connectivity index (χ1v) is 11.6. The first-order valence-electron chi connectivity index (χ1n) is 11.2. The highest BCUT2D eigenvalue weighted by Crippen LogP contribution is 2.42. The lowest BCUT2D eigenvalue weighted by Gasteiger charge is -2.17. The van der Waals surface area contributed by atoms with E-state index < -0.39 is 23.3 Å². The van der Waals surface area contributed by atoms with Crippen LogP contribution in [0.1, 0.15) is 42.4 Å². The van der Waals surface area contributed by atoms with Gasteiger partial charge in [-0.1, -0.05) is 36.7 Å². The average molecular weight is 483 g/mol. The number of aryl methyl sites for hydroxylation is 1. The second-order valence-corrected chi connectivity index (χ2v) is 9.16. The molecule has 1 saturated carbocycles. The van der Waals surface area contributed by atoms with Crippen molar-refractivity contribution in [2.24, 2.45) is 5.92 Å². The summed E-state index contributed by atoms with van der Waals surface area (Å²) in [6, 6.07) is 13.1. The number of halogens is 1. The minimum absolute atomic E-state index is 0.130. The molecular formula is C25H27ClN4O4. The summed E-state index contributed by atoms with van der Waals surface area (Å²) in [6.45, 7) is 3.68. The summed E-state index contributed by atoms with van der Waals surface area (Å²) in [6.07, 6.45) is 2.41. The van der Waals surface area contributed by atoms with Crippen molar-refractivity contribution in [1.82, 2.24) is 14.1 Å². The smallest absolute Gasteiger partial charge is 0.354 e. The topological polar surface area (TPSA) is 95.2 Å². The van der Waals surface area contributed by atoms with Crippen LogP contribution in [0.15, 0.2) is 52.1 Å². The van der Waals surface area contributed by atoms with Gasteiger partial charge in [0.15, 0.2) is 0 Å². The molecule has 3 aromatic rings. The molecule has 8 nitrogen and oxygen atoms in total. The molecule has 1 aliphatic rings. The number of esters is 1. The van der Waals surface area contributed by atoms with E-state index in [4.69, 9.17) is 16.3 Å². The number of nitrogens with one attached hydrogen (secondary N) is 1. The number of methoxy groups -OCH3 is 1. The Morgan fingerprint density at radius 2 is 1.88 bits per heavy atom. The largest absolute Gasteiger partial charge is 0.469 e. The van der Waals surface area contributed by atoms with Gasteiger partial charge in [-0.2, -0.15) is 4.98 Å². The van der Waals surface area contributed by atoms with Crippen molar-refractivity contribution in [3.8, 4) is 0 Å². The maximum Gasteiger partial charge on any atom is 0.354 e. The molecule has 0 amide bonds. The molecule has 1 heterocycles. The summed E-state index contributed by atoms with van der Waals surface area (Å²) in [5, 5.41) is 3.73. The van der Waals surface area contributed by atoms with Crippen LogP contribution in [0.5, 0.6) is 0 Å². The minimum Gasteiger partial charge on any atom is -0.469 e. The maximum absolute atomic E-state index is 13.4. The lowest BCUT2D eigenvalue weighted by atomic mass is 10.0. The SMILES string of the molecule is COC(=O)[C@@H](C)Cn1c(=O)nc(Nc2ccc(C3CC3)c(C)c2)n(Cc2ccc(Cl)cc2)c1=O. The molecule has 2 aromatic carbocycles. The fourth-order valence-electron chi connectivity index (χ4n) is 3.98. The van der Waals surface area contributed by atoms with Crippen molar-refractivity contribution < 1.29 is 9.53 Å². The monoisotopic (exact) mass is 482 g/mol. The normalized spacial score (nSPS) is 14.0. The van der Waals surface area contributed by atoms with Crippen molar-refractivity contribution in [2.75, 3.05) is 12.4 Å². The van der Waals surface area contributed by atoms with Crippen molar-refractivity contribution >= 4 is 29.2 Å². The Labute approximate surface area is 202 Å². The van der Waals surface area contributed by atoms with Gasteiger partial charge in [-0.05, 0) is 66.6 Å². The fourth-order valence-corrected chi connectivity index (χ4v) is 4.11. The Bertz CT molecular complexity index is 1330. The lowest BCUT2D eigenvalue weighted by Crippen LogP contribution is -2.44. The van der Waals surface area contributed by atoms with Crippen molar-refractivity contribution in [3.63, 3.8) is 0 Å². The molecule has 0 aliphatic heterocycles. The third kappa shape index (κ3) is 5.22. The molecule has 9 heteroatoms. The van der Waals surface area contributed by atoms with E-state index >= 15 is 0 Å². The van der Waals surface area contributed by atoms with Gasteiger partial charge in [0.1, 0.15) is 0 Å². The van der Waals surface area contributed by atoms with Crippen LogP contribution in [0.3, 0.4) is 0 Å². The van der Waals surface area contributed by atoms with Crippen LogP contribution in [0.4, 0.5) is 11.6 Å². The lowest BCUT2D eigenvalue weighted by molar-refractivity contribution is -0.145. The average Bonchev–Trinajstić information content (AvgIpc) is 3.65. The Morgan fingerprint density at radius 3 is 2.50 bits per heavy atom. The Morgan fingerprint density at radius 1 is 1.18 bits per heavy atom. The minimum atomic E-state index is -0.734. The number of anilines is 2. The molecule has 0 bridgehead atoms. The van der Waals surface area contributed by atoms with Gasteiger partial charge >= 0.3 is 17.3 Å². The van der Waals surface area contributed by atoms with Gasteiger partial charge in [-0.3, -0.25) is 9.36 Å². The molecule has 1 atom stereocenters. The van der Waals surface area contributed by atoms with Gasteiger partial charge < -0.3 is 10.1 Å². The third-order valence-corrected chi connectivity index (χ3v) is 6.26. The van der Waals surface area contributed by atoms with Crippen LogP contribution in [0.25, 0.3) is 0 Å². The molecule has 0 spiro atoms. The van der Waals surface area contributed by atoms with Crippen LogP contribution < -0.4 is 16.7 Å². The number of hydrogen-bond acceptors (Lipinski definition) is 6. The van der Waals surface area contributed by atoms with Gasteiger partial charge in [-0.25, -0.2) is 14.2 Å². The van der Waals surface area contributed by atoms with Gasteiger partial charge in [0.25, 0.3) is 0 Å². The van der Waals surface area contributed by atoms with Gasteiger partial charge in [0.2, 0.25) is 5.95 Å². The van der Waals surface area contributed by atoms with Gasteiger partial charge in [0.05, 0.1) is 19.6 Å². The second-order valence-electron chi connectivity index (χ2n) is 8.72. The second kappa shape index (κ2) is 9.85. The molecule has 4 rings (SSSR count). The number of aromatic nitrogens is 3. The van der Waals surface area contributed by atoms with E-state index in [0.29, 0.717) is 10.9 Å². The first-order chi connectivity index (χ1) is 16.3. The summed E-state index contributed by atoms with van der Waals surface area (Å²) in [4.78, 5) is 42.2. The fraction of sp³-hybridized carbons (Fsp3) is 0.360. The van der Waals surface area contributed by atoms with Crippen molar-refractivity contribution in [1.29, 1.82) is 0 Å². The number of ether oxygens (including phenoxy) is 1. The molecule has 178 valence electrons. The molecule has 0 saturated heterocycles. The number of nitrogens with zero attached hydrogens (tertiary/aromatic N) is 3. The summed E-state index contributed by atoms with van der Waals surface area (Å²) < 4.78 is 7.09. The molecular weight excluding hydrogens is 456 g/mol. The molecule has 1 aliphatic carbocycles. The maximum atomic E-state index is 13.4. The summed E-state index contributed by atoms with van der Waals surface area (Å²) in [7, 11) is 1.27. The van der Waals surface area contributed by atoms with Gasteiger partial charge in [0, 0.05) is 17.3 Å². The van der Waals surface area contributed by atoms with E-state index in [0.717, 1.165) is 21.4 Å². The van der Waals surface area contributed by atoms with Crippen LogP contribution >= 0.6 is 11.6 Å². The first kappa shape index (κ1) is 23.8. The Balaban J connectivity index is 1.74. The van der Waals surface area contributed by atoms with Crippen LogP contribution in [-0.4, -0.2) is 27.2 Å². The molecule has 0 unspecified atom stereocenters. The number of hydrogen-bond donors (Lipinski definition) is 1. The zero-order valence-electron chi connectivity index (χ0n) is 19.4. The summed E-state index contributed by atoms with van der Waals surface area (Å²) in [5.74, 6) is -0.442. The van der Waals surface area contributed by atoms with Gasteiger partial charge in [-0.15, -0.1) is 0 Å². The molecule has 0 radical (unpaired) electrons. The number of carbonyl (C=O) groups is 1. The molecule has 1 aromatic heterocycles. The van der Waals surface area contributed by atoms with Crippen molar-refractivity contribution in [3.05, 3.63) is 85.1 Å². The standard InChI is InChI=1S/C25H27ClN4O4/c1-15-12-20(10-11-21(15)18-6-7-18)27-23-28-24(32)30(13-16(2)22(31)34-3)25(33)29(23)14-17-4-8-19(26)9-5-17/h4-5,8-12,16,18H,6-7,13-14H2,1-3H3,(H,27,28,32)/t16-/m0/s1. The quantitative estimate of drug-likeness (QED) is 0.490. The van der Waals surface area contributed by atoms with Crippen LogP contribution in [0, 0.1) is 12.8 Å². The highest BCUT2D eigenvalue weighted by Gasteiger charge is 2.25. The third-order valence-electron chi connectivity index (χ3n) is 6.01. The predicted molar refractivity (Wildman–Crippen MR) is 131 cm³/mol.